The maximum absolute atomic E-state index is 12.5. The molecule has 10 heteroatoms. The number of non-ortho nitro benzene ring substituents is 1. The van der Waals surface area contributed by atoms with E-state index in [1.54, 1.807) is 13.0 Å². The molecule has 2 aromatic carbocycles. The quantitative estimate of drug-likeness (QED) is 0.311. The zero-order valence-corrected chi connectivity index (χ0v) is 14.9. The number of anilines is 1. The van der Waals surface area contributed by atoms with Gasteiger partial charge in [-0.15, -0.1) is 5.10 Å². The lowest BCUT2D eigenvalue weighted by atomic mass is 10.2. The number of nitrogens with zero attached hydrogens (tertiary/aromatic N) is 4. The molecule has 4 aromatic rings. The van der Waals surface area contributed by atoms with Crippen molar-refractivity contribution in [1.29, 1.82) is 0 Å². The van der Waals surface area contributed by atoms with Gasteiger partial charge in [0.25, 0.3) is 5.69 Å². The number of hydrogen-bond acceptors (Lipinski definition) is 6. The van der Waals surface area contributed by atoms with Crippen molar-refractivity contribution in [2.45, 2.75) is 17.3 Å². The fraction of sp³-hybridized carbons (Fsp3) is 0.118. The van der Waals surface area contributed by atoms with Crippen LogP contribution < -0.4 is 5.32 Å². The molecule has 2 aromatic heterocycles. The van der Waals surface area contributed by atoms with Gasteiger partial charge in [-0.25, -0.2) is 10.1 Å². The number of H-pyrrole nitrogens is 1. The van der Waals surface area contributed by atoms with E-state index >= 15 is 0 Å². The van der Waals surface area contributed by atoms with Gasteiger partial charge in [0.15, 0.2) is 5.16 Å². The first-order chi connectivity index (χ1) is 13.0. The highest BCUT2D eigenvalue weighted by Crippen LogP contribution is 2.27. The van der Waals surface area contributed by atoms with E-state index in [0.717, 1.165) is 11.0 Å². The van der Waals surface area contributed by atoms with E-state index in [2.05, 4.69) is 20.5 Å². The average molecular weight is 382 g/mol. The van der Waals surface area contributed by atoms with Crippen LogP contribution in [0.5, 0.6) is 0 Å². The van der Waals surface area contributed by atoms with E-state index in [4.69, 9.17) is 0 Å². The third-order valence-corrected chi connectivity index (χ3v) is 5.03. The van der Waals surface area contributed by atoms with Gasteiger partial charge >= 0.3 is 0 Å². The van der Waals surface area contributed by atoms with Gasteiger partial charge in [0.05, 0.1) is 21.2 Å². The van der Waals surface area contributed by atoms with E-state index in [9.17, 15) is 14.9 Å². The summed E-state index contributed by atoms with van der Waals surface area (Å²) >= 11 is 1.27. The Morgan fingerprint density at radius 1 is 1.30 bits per heavy atom. The largest absolute Gasteiger partial charge is 0.325 e. The Morgan fingerprint density at radius 2 is 2.11 bits per heavy atom. The molecule has 1 unspecified atom stereocenters. The molecule has 0 aliphatic carbocycles. The second-order valence-corrected chi connectivity index (χ2v) is 7.13. The minimum Gasteiger partial charge on any atom is -0.325 e. The number of aromatic nitrogens is 4. The third kappa shape index (κ3) is 3.22. The molecule has 136 valence electrons. The Bertz CT molecular complexity index is 1170. The number of imidazole rings is 1. The summed E-state index contributed by atoms with van der Waals surface area (Å²) in [4.78, 5) is 27.3. The van der Waals surface area contributed by atoms with Crippen LogP contribution in [0.15, 0.2) is 53.7 Å². The van der Waals surface area contributed by atoms with E-state index in [-0.39, 0.29) is 11.6 Å². The van der Waals surface area contributed by atoms with E-state index in [1.165, 1.54) is 30.0 Å². The Morgan fingerprint density at radius 3 is 2.93 bits per heavy atom. The van der Waals surface area contributed by atoms with Crippen molar-refractivity contribution in [3.63, 3.8) is 0 Å². The minimum absolute atomic E-state index is 0.0769. The summed E-state index contributed by atoms with van der Waals surface area (Å²) in [6.45, 7) is 1.75. The summed E-state index contributed by atoms with van der Waals surface area (Å²) in [5.74, 6) is 0.325. The molecule has 1 amide bonds. The predicted molar refractivity (Wildman–Crippen MR) is 102 cm³/mol. The average Bonchev–Trinajstić information content (AvgIpc) is 3.21. The highest BCUT2D eigenvalue weighted by atomic mass is 32.2. The molecule has 2 heterocycles. The number of amides is 1. The second-order valence-electron chi connectivity index (χ2n) is 5.82. The summed E-state index contributed by atoms with van der Waals surface area (Å²) in [6.07, 6.45) is 0. The molecule has 0 spiro atoms. The molecule has 0 bridgehead atoms. The molecule has 27 heavy (non-hydrogen) atoms. The molecule has 0 aliphatic heterocycles. The molecule has 4 rings (SSSR count). The van der Waals surface area contributed by atoms with E-state index in [1.807, 2.05) is 28.7 Å². The number of fused-ring (bicyclic) bond motifs is 3. The first-order valence-electron chi connectivity index (χ1n) is 8.06. The Hall–Kier alpha value is -3.40. The summed E-state index contributed by atoms with van der Waals surface area (Å²) in [5, 5.41) is 20.8. The molecule has 0 fully saturated rings. The van der Waals surface area contributed by atoms with Gasteiger partial charge in [-0.2, -0.15) is 0 Å². The minimum atomic E-state index is -0.502. The van der Waals surface area contributed by atoms with Crippen LogP contribution in [-0.4, -0.2) is 35.7 Å². The van der Waals surface area contributed by atoms with Crippen LogP contribution in [0.1, 0.15) is 6.92 Å². The number of para-hydroxylation sites is 2. The molecule has 1 atom stereocenters. The van der Waals surface area contributed by atoms with Gasteiger partial charge in [-0.05, 0) is 25.1 Å². The zero-order chi connectivity index (χ0) is 19.0. The Labute approximate surface area is 156 Å². The van der Waals surface area contributed by atoms with Crippen LogP contribution in [0.4, 0.5) is 11.4 Å². The third-order valence-electron chi connectivity index (χ3n) is 3.98. The smallest absolute Gasteiger partial charge is 0.271 e. The van der Waals surface area contributed by atoms with Crippen molar-refractivity contribution >= 4 is 45.9 Å². The number of carbonyl (C=O) groups is 1. The lowest BCUT2D eigenvalue weighted by Crippen LogP contribution is -2.22. The van der Waals surface area contributed by atoms with Crippen LogP contribution in [0.25, 0.3) is 16.8 Å². The van der Waals surface area contributed by atoms with Crippen molar-refractivity contribution < 1.29 is 9.72 Å². The highest BCUT2D eigenvalue weighted by molar-refractivity contribution is 8.00. The number of nitro benzene ring substituents is 1. The van der Waals surface area contributed by atoms with E-state index < -0.39 is 10.2 Å². The lowest BCUT2D eigenvalue weighted by molar-refractivity contribution is -0.384. The van der Waals surface area contributed by atoms with Crippen molar-refractivity contribution in [2.75, 3.05) is 5.32 Å². The SMILES string of the molecule is CC(Sc1n[nH]c2nc3ccccc3n12)C(=O)Nc1cccc([N+](=O)[O-])c1. The molecule has 0 saturated heterocycles. The van der Waals surface area contributed by atoms with Gasteiger partial charge in [-0.3, -0.25) is 19.3 Å². The Balaban J connectivity index is 1.54. The maximum Gasteiger partial charge on any atom is 0.271 e. The molecule has 9 nitrogen and oxygen atoms in total. The number of hydrogen-bond donors (Lipinski definition) is 2. The summed E-state index contributed by atoms with van der Waals surface area (Å²) in [7, 11) is 0. The number of nitrogens with one attached hydrogen (secondary N) is 2. The number of benzene rings is 2. The molecule has 2 N–H and O–H groups in total. The van der Waals surface area contributed by atoms with Crippen LogP contribution in [0.2, 0.25) is 0 Å². The highest BCUT2D eigenvalue weighted by Gasteiger charge is 2.20. The van der Waals surface area contributed by atoms with Crippen LogP contribution in [0, 0.1) is 10.1 Å². The number of nitro groups is 1. The topological polar surface area (TPSA) is 118 Å². The van der Waals surface area contributed by atoms with Crippen molar-refractivity contribution in [2.24, 2.45) is 0 Å². The fourth-order valence-electron chi connectivity index (χ4n) is 2.67. The first-order valence-corrected chi connectivity index (χ1v) is 8.94. The summed E-state index contributed by atoms with van der Waals surface area (Å²) in [5.41, 5.74) is 2.03. The van der Waals surface area contributed by atoms with Gasteiger partial charge < -0.3 is 5.32 Å². The first kappa shape index (κ1) is 17.0. The second kappa shape index (κ2) is 6.72. The number of thioether (sulfide) groups is 1. The standard InChI is InChI=1S/C17H14N6O3S/c1-10(15(24)18-11-5-4-6-12(9-11)23(25)26)27-17-21-20-16-19-13-7-2-3-8-14(13)22(16)17/h2-10H,1H3,(H,18,24)(H,19,20). The van der Waals surface area contributed by atoms with Gasteiger partial charge in [0.1, 0.15) is 0 Å². The van der Waals surface area contributed by atoms with Crippen LogP contribution in [0.3, 0.4) is 0 Å². The Kier molecular flexibility index (Phi) is 4.24. The lowest BCUT2D eigenvalue weighted by Gasteiger charge is -2.10. The normalized spacial score (nSPS) is 12.3. The monoisotopic (exact) mass is 382 g/mol. The van der Waals surface area contributed by atoms with Gasteiger partial charge in [0.2, 0.25) is 11.7 Å². The molecule has 0 radical (unpaired) electrons. The van der Waals surface area contributed by atoms with Crippen LogP contribution >= 0.6 is 11.8 Å². The zero-order valence-electron chi connectivity index (χ0n) is 14.1. The predicted octanol–water partition coefficient (Wildman–Crippen LogP) is 3.24. The number of carbonyl (C=O) groups excluding carboxylic acids is 1. The number of aromatic amines is 1. The number of rotatable bonds is 5. The summed E-state index contributed by atoms with van der Waals surface area (Å²) in [6, 6.07) is 13.5. The van der Waals surface area contributed by atoms with Crippen molar-refractivity contribution in [3.8, 4) is 0 Å². The molecule has 0 aliphatic rings. The molecular formula is C17H14N6O3S. The molecular weight excluding hydrogens is 368 g/mol. The van der Waals surface area contributed by atoms with Crippen LogP contribution in [-0.2, 0) is 4.79 Å². The summed E-state index contributed by atoms with van der Waals surface area (Å²) < 4.78 is 1.86. The van der Waals surface area contributed by atoms with Gasteiger partial charge in [0, 0.05) is 17.8 Å². The van der Waals surface area contributed by atoms with Crippen molar-refractivity contribution in [3.05, 3.63) is 58.6 Å². The fourth-order valence-corrected chi connectivity index (χ4v) is 3.55. The van der Waals surface area contributed by atoms with Crippen molar-refractivity contribution in [1.82, 2.24) is 19.6 Å². The maximum atomic E-state index is 12.5. The van der Waals surface area contributed by atoms with E-state index in [0.29, 0.717) is 16.6 Å². The molecule has 0 saturated carbocycles. The van der Waals surface area contributed by atoms with Gasteiger partial charge in [-0.1, -0.05) is 30.0 Å².